The molecule has 1 saturated heterocycles. The predicted molar refractivity (Wildman–Crippen MR) is 120 cm³/mol. The van der Waals surface area contributed by atoms with Crippen LogP contribution in [0.1, 0.15) is 78.6 Å². The molecule has 1 spiro atoms. The lowest BCUT2D eigenvalue weighted by Crippen LogP contribution is -2.62. The zero-order valence-electron chi connectivity index (χ0n) is 20.5. The number of hydrogen-bond donors (Lipinski definition) is 4. The Balaban J connectivity index is 1.39. The fourth-order valence-corrected chi connectivity index (χ4v) is 9.15. The van der Waals surface area contributed by atoms with Gasteiger partial charge >= 0.3 is 5.97 Å². The van der Waals surface area contributed by atoms with Crippen molar-refractivity contribution in [2.24, 2.45) is 33.5 Å². The van der Waals surface area contributed by atoms with E-state index in [1.54, 1.807) is 0 Å². The monoisotopic (exact) mass is 480 g/mol. The van der Waals surface area contributed by atoms with E-state index in [1.807, 2.05) is 6.92 Å². The summed E-state index contributed by atoms with van der Waals surface area (Å²) in [6.07, 6.45) is 0.706. The number of aliphatic hydroxyl groups excluding tert-OH is 4. The third-order valence-corrected chi connectivity index (χ3v) is 10.9. The first-order chi connectivity index (χ1) is 15.9. The Morgan fingerprint density at radius 3 is 2.41 bits per heavy atom. The highest BCUT2D eigenvalue weighted by Crippen LogP contribution is 2.73. The molecule has 5 unspecified atom stereocenters. The van der Waals surface area contributed by atoms with Gasteiger partial charge in [0.25, 0.3) is 0 Å². The number of carbonyl (C=O) groups excluding carboxylic acids is 2. The van der Waals surface area contributed by atoms with E-state index in [0.717, 1.165) is 44.9 Å². The molecule has 1 heterocycles. The van der Waals surface area contributed by atoms with Crippen LogP contribution in [0.5, 0.6) is 0 Å². The summed E-state index contributed by atoms with van der Waals surface area (Å²) in [5, 5.41) is 40.0. The topological polar surface area (TPSA) is 134 Å². The van der Waals surface area contributed by atoms with E-state index in [1.165, 1.54) is 0 Å². The summed E-state index contributed by atoms with van der Waals surface area (Å²) >= 11 is 0. The zero-order chi connectivity index (χ0) is 24.7. The lowest BCUT2D eigenvalue weighted by Gasteiger charge is -2.64. The highest BCUT2D eigenvalue weighted by atomic mass is 16.7. The minimum Gasteiger partial charge on any atom is -0.432 e. The van der Waals surface area contributed by atoms with Crippen molar-refractivity contribution in [2.75, 3.05) is 6.61 Å². The number of fused-ring (bicyclic) bond motifs is 3. The van der Waals surface area contributed by atoms with Gasteiger partial charge in [0, 0.05) is 11.8 Å². The molecule has 1 aliphatic heterocycles. The first-order valence-electron chi connectivity index (χ1n) is 13.0. The Hall–Kier alpha value is -1.06. The number of esters is 1. The van der Waals surface area contributed by atoms with E-state index in [2.05, 4.69) is 13.8 Å². The van der Waals surface area contributed by atoms with Crippen molar-refractivity contribution >= 4 is 11.8 Å². The summed E-state index contributed by atoms with van der Waals surface area (Å²) in [5.41, 5.74) is -0.989. The molecule has 0 aromatic carbocycles. The molecule has 4 N–H and O–H groups in total. The van der Waals surface area contributed by atoms with Crippen molar-refractivity contribution in [3.8, 4) is 0 Å². The van der Waals surface area contributed by atoms with Gasteiger partial charge in [-0.2, -0.15) is 0 Å². The number of ether oxygens (including phenoxy) is 2. The first kappa shape index (κ1) is 24.6. The van der Waals surface area contributed by atoms with Gasteiger partial charge in [-0.3, -0.25) is 9.59 Å². The fourth-order valence-electron chi connectivity index (χ4n) is 9.15. The minimum absolute atomic E-state index is 0.0504. The maximum atomic E-state index is 13.7. The SMILES string of the molecule is C[C@@]12CC[C@@H]3[C@@](CC[C@H]4[C@@]3(C)CCC[C@@]4(C)C(=O)OC3OC(CO)C(O)C(O)C3O)(CC1=O)C2. The minimum atomic E-state index is -1.60. The van der Waals surface area contributed by atoms with Crippen molar-refractivity contribution in [1.82, 2.24) is 0 Å². The summed E-state index contributed by atoms with van der Waals surface area (Å²) in [5.74, 6) is 0.435. The molecular weight excluding hydrogens is 440 g/mol. The van der Waals surface area contributed by atoms with Crippen LogP contribution in [0.3, 0.4) is 0 Å². The van der Waals surface area contributed by atoms with E-state index in [-0.39, 0.29) is 22.2 Å². The smallest absolute Gasteiger partial charge is 0.314 e. The van der Waals surface area contributed by atoms with Crippen LogP contribution in [-0.2, 0) is 19.1 Å². The molecule has 0 amide bonds. The average molecular weight is 481 g/mol. The zero-order valence-corrected chi connectivity index (χ0v) is 20.5. The molecule has 8 nitrogen and oxygen atoms in total. The Bertz CT molecular complexity index is 860. The highest BCUT2D eigenvalue weighted by Gasteiger charge is 2.68. The van der Waals surface area contributed by atoms with Gasteiger partial charge in [-0.25, -0.2) is 0 Å². The van der Waals surface area contributed by atoms with Gasteiger partial charge in [-0.05, 0) is 74.5 Å². The maximum Gasteiger partial charge on any atom is 0.314 e. The first-order valence-corrected chi connectivity index (χ1v) is 13.0. The Morgan fingerprint density at radius 2 is 1.71 bits per heavy atom. The number of rotatable bonds is 3. The molecule has 0 radical (unpaired) electrons. The number of ketones is 1. The molecule has 11 atom stereocenters. The molecule has 5 aliphatic rings. The third-order valence-electron chi connectivity index (χ3n) is 10.9. The molecule has 2 bridgehead atoms. The van der Waals surface area contributed by atoms with Crippen LogP contribution in [0.25, 0.3) is 0 Å². The standard InChI is InChI=1S/C26H40O8/c1-23-9-5-16-24(2)7-4-8-25(3,15(24)6-10-26(16,13-23)11-17(23)28)22(32)34-21-20(31)19(30)18(29)14(12-27)33-21/h14-16,18-21,27,29-31H,4-13H2,1-3H3/t14?,15-,16-,18?,19?,20?,21?,23-,24+,25+,26-/m0/s1. The van der Waals surface area contributed by atoms with Crippen molar-refractivity contribution in [2.45, 2.75) is 109 Å². The van der Waals surface area contributed by atoms with Gasteiger partial charge < -0.3 is 29.9 Å². The largest absolute Gasteiger partial charge is 0.432 e. The van der Waals surface area contributed by atoms with Gasteiger partial charge in [0.1, 0.15) is 30.2 Å². The van der Waals surface area contributed by atoms with E-state index >= 15 is 0 Å². The van der Waals surface area contributed by atoms with Gasteiger partial charge in [-0.15, -0.1) is 0 Å². The van der Waals surface area contributed by atoms with Crippen molar-refractivity contribution < 1.29 is 39.5 Å². The molecule has 192 valence electrons. The van der Waals surface area contributed by atoms with Crippen LogP contribution < -0.4 is 0 Å². The fraction of sp³-hybridized carbons (Fsp3) is 0.923. The normalized spacial score (nSPS) is 54.8. The summed E-state index contributed by atoms with van der Waals surface area (Å²) < 4.78 is 11.1. The van der Waals surface area contributed by atoms with Gasteiger partial charge in [0.05, 0.1) is 12.0 Å². The Labute approximate surface area is 201 Å². The van der Waals surface area contributed by atoms with Crippen molar-refractivity contribution in [3.05, 3.63) is 0 Å². The van der Waals surface area contributed by atoms with Gasteiger partial charge in [0.2, 0.25) is 6.29 Å². The van der Waals surface area contributed by atoms with Gasteiger partial charge in [0.15, 0.2) is 0 Å². The molecule has 4 saturated carbocycles. The molecule has 4 aliphatic carbocycles. The summed E-state index contributed by atoms with van der Waals surface area (Å²) in [6, 6.07) is 0. The summed E-state index contributed by atoms with van der Waals surface area (Å²) in [7, 11) is 0. The quantitative estimate of drug-likeness (QED) is 0.449. The second-order valence-electron chi connectivity index (χ2n) is 12.8. The molecule has 8 heteroatoms. The molecule has 34 heavy (non-hydrogen) atoms. The lowest BCUT2D eigenvalue weighted by atomic mass is 9.40. The van der Waals surface area contributed by atoms with E-state index in [9.17, 15) is 30.0 Å². The van der Waals surface area contributed by atoms with E-state index in [0.29, 0.717) is 24.5 Å². The lowest BCUT2D eigenvalue weighted by molar-refractivity contribution is -0.298. The molecule has 5 rings (SSSR count). The predicted octanol–water partition coefficient (Wildman–Crippen LogP) is 1.70. The number of carbonyl (C=O) groups is 2. The average Bonchev–Trinajstić information content (AvgIpc) is 2.96. The number of Topliss-reactive ketones (excluding diaryl/α,β-unsaturated/α-hetero) is 1. The second kappa shape index (κ2) is 7.97. The molecule has 0 aromatic heterocycles. The molecule has 5 fully saturated rings. The van der Waals surface area contributed by atoms with E-state index in [4.69, 9.17) is 9.47 Å². The van der Waals surface area contributed by atoms with Crippen LogP contribution in [-0.4, -0.2) is 69.5 Å². The van der Waals surface area contributed by atoms with Crippen LogP contribution in [0, 0.1) is 33.5 Å². The number of aliphatic hydroxyl groups is 4. The Morgan fingerprint density at radius 1 is 1.00 bits per heavy atom. The Kier molecular flexibility index (Phi) is 5.77. The molecule has 0 aromatic rings. The van der Waals surface area contributed by atoms with Crippen LogP contribution in [0.2, 0.25) is 0 Å². The van der Waals surface area contributed by atoms with Crippen LogP contribution in [0.15, 0.2) is 0 Å². The van der Waals surface area contributed by atoms with E-state index < -0.39 is 48.7 Å². The van der Waals surface area contributed by atoms with Crippen molar-refractivity contribution in [1.29, 1.82) is 0 Å². The highest BCUT2D eigenvalue weighted by molar-refractivity contribution is 5.88. The maximum absolute atomic E-state index is 13.7. The number of hydrogen-bond acceptors (Lipinski definition) is 8. The van der Waals surface area contributed by atoms with Gasteiger partial charge in [-0.1, -0.05) is 20.3 Å². The van der Waals surface area contributed by atoms with Crippen LogP contribution >= 0.6 is 0 Å². The summed E-state index contributed by atoms with van der Waals surface area (Å²) in [4.78, 5) is 26.6. The van der Waals surface area contributed by atoms with Crippen molar-refractivity contribution in [3.63, 3.8) is 0 Å². The second-order valence-corrected chi connectivity index (χ2v) is 12.8. The van der Waals surface area contributed by atoms with Crippen LogP contribution in [0.4, 0.5) is 0 Å². The molecular formula is C26H40O8. The summed E-state index contributed by atoms with van der Waals surface area (Å²) in [6.45, 7) is 5.83. The third kappa shape index (κ3) is 3.28.